The lowest BCUT2D eigenvalue weighted by molar-refractivity contribution is -0.117. The summed E-state index contributed by atoms with van der Waals surface area (Å²) in [6.45, 7) is 5.74. The van der Waals surface area contributed by atoms with Crippen molar-refractivity contribution in [1.29, 1.82) is 0 Å². The number of Topliss-reactive ketones (excluding diaryl/α,β-unsaturated/α-hetero) is 2. The number of benzene rings is 1. The van der Waals surface area contributed by atoms with Crippen molar-refractivity contribution in [2.45, 2.75) is 27.2 Å². The van der Waals surface area contributed by atoms with Gasteiger partial charge in [0.25, 0.3) is 0 Å². The molecule has 1 rings (SSSR count). The maximum atomic E-state index is 12.0. The van der Waals surface area contributed by atoms with Gasteiger partial charge in [0.1, 0.15) is 11.5 Å². The normalized spacial score (nSPS) is 11.9. The molecule has 0 saturated heterocycles. The zero-order valence-corrected chi connectivity index (χ0v) is 10.5. The summed E-state index contributed by atoms with van der Waals surface area (Å²) < 4.78 is 5.34. The van der Waals surface area contributed by atoms with Crippen LogP contribution in [0.2, 0.25) is 0 Å². The fourth-order valence-electron chi connectivity index (χ4n) is 1.71. The molecule has 3 heteroatoms. The molecular formula is C14H18O3. The van der Waals surface area contributed by atoms with Crippen molar-refractivity contribution in [3.8, 4) is 5.75 Å². The van der Waals surface area contributed by atoms with Crippen molar-refractivity contribution < 1.29 is 14.3 Å². The van der Waals surface area contributed by atoms with E-state index in [1.807, 2.05) is 13.0 Å². The van der Waals surface area contributed by atoms with Crippen LogP contribution in [0.1, 0.15) is 37.6 Å². The molecule has 1 unspecified atom stereocenters. The molecule has 0 amide bonds. The van der Waals surface area contributed by atoms with Gasteiger partial charge < -0.3 is 9.53 Å². The minimum absolute atomic E-state index is 0.0123. The van der Waals surface area contributed by atoms with E-state index in [2.05, 4.69) is 0 Å². The van der Waals surface area contributed by atoms with Crippen LogP contribution in [0.15, 0.2) is 24.3 Å². The highest BCUT2D eigenvalue weighted by atomic mass is 16.5. The number of rotatable bonds is 6. The van der Waals surface area contributed by atoms with E-state index >= 15 is 0 Å². The molecule has 1 aromatic carbocycles. The molecule has 1 atom stereocenters. The van der Waals surface area contributed by atoms with Gasteiger partial charge in [-0.25, -0.2) is 0 Å². The van der Waals surface area contributed by atoms with Gasteiger partial charge in [0, 0.05) is 17.9 Å². The summed E-state index contributed by atoms with van der Waals surface area (Å²) in [6.07, 6.45) is 0.289. The Kier molecular flexibility index (Phi) is 4.88. The summed E-state index contributed by atoms with van der Waals surface area (Å²) >= 11 is 0. The first-order chi connectivity index (χ1) is 8.04. The number of carbonyl (C=O) groups is 2. The third-order valence-corrected chi connectivity index (χ3v) is 2.47. The van der Waals surface area contributed by atoms with Gasteiger partial charge in [-0.2, -0.15) is 0 Å². The minimum Gasteiger partial charge on any atom is -0.494 e. The van der Waals surface area contributed by atoms with Gasteiger partial charge in [0.05, 0.1) is 6.61 Å². The standard InChI is InChI=1S/C14H18O3/c1-4-17-13-7-5-6-12(9-13)14(16)10(2)8-11(3)15/h5-7,9-10H,4,8H2,1-3H3. The maximum absolute atomic E-state index is 12.0. The van der Waals surface area contributed by atoms with E-state index in [-0.39, 0.29) is 23.9 Å². The van der Waals surface area contributed by atoms with E-state index in [9.17, 15) is 9.59 Å². The van der Waals surface area contributed by atoms with Gasteiger partial charge in [-0.3, -0.25) is 4.79 Å². The van der Waals surface area contributed by atoms with Crippen molar-refractivity contribution in [1.82, 2.24) is 0 Å². The number of carbonyl (C=O) groups excluding carboxylic acids is 2. The lowest BCUT2D eigenvalue weighted by atomic mass is 9.95. The van der Waals surface area contributed by atoms with Gasteiger partial charge >= 0.3 is 0 Å². The molecule has 3 nitrogen and oxygen atoms in total. The molecule has 0 spiro atoms. The summed E-state index contributed by atoms with van der Waals surface area (Å²) in [7, 11) is 0. The van der Waals surface area contributed by atoms with E-state index in [0.29, 0.717) is 17.9 Å². The Morgan fingerprint density at radius 3 is 2.65 bits per heavy atom. The molecule has 0 bridgehead atoms. The summed E-state index contributed by atoms with van der Waals surface area (Å²) in [5, 5.41) is 0. The van der Waals surface area contributed by atoms with Crippen LogP contribution in [-0.4, -0.2) is 18.2 Å². The summed E-state index contributed by atoms with van der Waals surface area (Å²) in [5.74, 6) is 0.436. The molecule has 0 saturated carbocycles. The highest BCUT2D eigenvalue weighted by Crippen LogP contribution is 2.18. The van der Waals surface area contributed by atoms with Crippen molar-refractivity contribution in [3.05, 3.63) is 29.8 Å². The highest BCUT2D eigenvalue weighted by molar-refractivity contribution is 5.99. The van der Waals surface area contributed by atoms with Gasteiger partial charge in [0.15, 0.2) is 5.78 Å². The Labute approximate surface area is 102 Å². The first-order valence-electron chi connectivity index (χ1n) is 5.81. The monoisotopic (exact) mass is 234 g/mol. The third kappa shape index (κ3) is 4.02. The lowest BCUT2D eigenvalue weighted by Gasteiger charge is -2.09. The van der Waals surface area contributed by atoms with Crippen molar-refractivity contribution in [2.24, 2.45) is 5.92 Å². The van der Waals surface area contributed by atoms with Crippen LogP contribution in [-0.2, 0) is 4.79 Å². The minimum atomic E-state index is -0.274. The zero-order valence-electron chi connectivity index (χ0n) is 10.5. The number of hydrogen-bond acceptors (Lipinski definition) is 3. The number of hydrogen-bond donors (Lipinski definition) is 0. The smallest absolute Gasteiger partial charge is 0.166 e. The summed E-state index contributed by atoms with van der Waals surface area (Å²) in [4.78, 5) is 23.0. The van der Waals surface area contributed by atoms with Crippen LogP contribution in [0.25, 0.3) is 0 Å². The first kappa shape index (κ1) is 13.4. The van der Waals surface area contributed by atoms with Crippen LogP contribution < -0.4 is 4.74 Å². The third-order valence-electron chi connectivity index (χ3n) is 2.47. The van der Waals surface area contributed by atoms with Crippen LogP contribution in [0.5, 0.6) is 5.75 Å². The SMILES string of the molecule is CCOc1cccc(C(=O)C(C)CC(C)=O)c1. The van der Waals surface area contributed by atoms with Crippen LogP contribution in [0, 0.1) is 5.92 Å². The Morgan fingerprint density at radius 2 is 2.06 bits per heavy atom. The molecule has 0 N–H and O–H groups in total. The van der Waals surface area contributed by atoms with Crippen molar-refractivity contribution in [2.75, 3.05) is 6.61 Å². The predicted molar refractivity (Wildman–Crippen MR) is 66.4 cm³/mol. The topological polar surface area (TPSA) is 43.4 Å². The molecule has 92 valence electrons. The Hall–Kier alpha value is -1.64. The average molecular weight is 234 g/mol. The Bertz CT molecular complexity index is 410. The van der Waals surface area contributed by atoms with Crippen molar-refractivity contribution in [3.63, 3.8) is 0 Å². The lowest BCUT2D eigenvalue weighted by Crippen LogP contribution is -2.14. The van der Waals surface area contributed by atoms with Gasteiger partial charge in [-0.05, 0) is 26.0 Å². The highest BCUT2D eigenvalue weighted by Gasteiger charge is 2.17. The molecule has 0 fully saturated rings. The fourth-order valence-corrected chi connectivity index (χ4v) is 1.71. The molecule has 0 aliphatic carbocycles. The molecule has 0 radical (unpaired) electrons. The quantitative estimate of drug-likeness (QED) is 0.711. The number of ether oxygens (including phenoxy) is 1. The van der Waals surface area contributed by atoms with Gasteiger partial charge in [-0.15, -0.1) is 0 Å². The molecule has 0 aliphatic heterocycles. The fraction of sp³-hybridized carbons (Fsp3) is 0.429. The second kappa shape index (κ2) is 6.18. The summed E-state index contributed by atoms with van der Waals surface area (Å²) in [5.41, 5.74) is 0.602. The molecule has 17 heavy (non-hydrogen) atoms. The van der Waals surface area contributed by atoms with E-state index in [4.69, 9.17) is 4.74 Å². The second-order valence-electron chi connectivity index (χ2n) is 4.13. The molecule has 0 aliphatic rings. The van der Waals surface area contributed by atoms with Crippen molar-refractivity contribution >= 4 is 11.6 Å². The Morgan fingerprint density at radius 1 is 1.35 bits per heavy atom. The van der Waals surface area contributed by atoms with Crippen LogP contribution in [0.3, 0.4) is 0 Å². The largest absolute Gasteiger partial charge is 0.494 e. The zero-order chi connectivity index (χ0) is 12.8. The van der Waals surface area contributed by atoms with Gasteiger partial charge in [0.2, 0.25) is 0 Å². The molecule has 1 aromatic rings. The van der Waals surface area contributed by atoms with E-state index < -0.39 is 0 Å². The summed E-state index contributed by atoms with van der Waals surface area (Å²) in [6, 6.07) is 7.08. The van der Waals surface area contributed by atoms with E-state index in [1.54, 1.807) is 25.1 Å². The van der Waals surface area contributed by atoms with Gasteiger partial charge in [-0.1, -0.05) is 19.1 Å². The molecule has 0 heterocycles. The average Bonchev–Trinajstić information content (AvgIpc) is 2.28. The Balaban J connectivity index is 2.81. The predicted octanol–water partition coefficient (Wildman–Crippen LogP) is 2.88. The molecular weight excluding hydrogens is 216 g/mol. The second-order valence-corrected chi connectivity index (χ2v) is 4.13. The molecule has 0 aromatic heterocycles. The van der Waals surface area contributed by atoms with E-state index in [1.165, 1.54) is 6.92 Å². The van der Waals surface area contributed by atoms with Crippen LogP contribution in [0.4, 0.5) is 0 Å². The van der Waals surface area contributed by atoms with E-state index in [0.717, 1.165) is 0 Å². The number of ketones is 2. The maximum Gasteiger partial charge on any atom is 0.166 e. The van der Waals surface area contributed by atoms with Crippen LogP contribution >= 0.6 is 0 Å². The first-order valence-corrected chi connectivity index (χ1v) is 5.81.